The largest absolute Gasteiger partial charge is 0.486 e. The third-order valence-electron chi connectivity index (χ3n) is 6.19. The van der Waals surface area contributed by atoms with Crippen LogP contribution in [0.4, 0.5) is 0 Å². The molecule has 0 aliphatic carbocycles. The second-order valence-electron chi connectivity index (χ2n) is 8.34. The molecule has 2 aliphatic heterocycles. The van der Waals surface area contributed by atoms with Gasteiger partial charge in [-0.15, -0.1) is 0 Å². The molecule has 0 fully saturated rings. The molecule has 3 aromatic carbocycles. The summed E-state index contributed by atoms with van der Waals surface area (Å²) in [5.41, 5.74) is 4.62. The van der Waals surface area contributed by atoms with Crippen molar-refractivity contribution in [1.29, 1.82) is 0 Å². The number of hydrogen-bond acceptors (Lipinski definition) is 5. The van der Waals surface area contributed by atoms with Crippen LogP contribution in [0.1, 0.15) is 22.9 Å². The van der Waals surface area contributed by atoms with Gasteiger partial charge < -0.3 is 14.0 Å². The van der Waals surface area contributed by atoms with Gasteiger partial charge in [0.25, 0.3) is 0 Å². The number of para-hydroxylation sites is 1. The molecule has 0 spiro atoms. The zero-order valence-electron chi connectivity index (χ0n) is 18.8. The van der Waals surface area contributed by atoms with E-state index in [0.717, 1.165) is 22.5 Å². The lowest BCUT2D eigenvalue weighted by Crippen LogP contribution is -2.31. The average molecular weight is 486 g/mol. The second kappa shape index (κ2) is 8.72. The number of aromatic nitrogens is 1. The van der Waals surface area contributed by atoms with Gasteiger partial charge in [0, 0.05) is 17.8 Å². The number of fused-ring (bicyclic) bond motifs is 4. The van der Waals surface area contributed by atoms with E-state index in [1.807, 2.05) is 60.8 Å². The van der Waals surface area contributed by atoms with Crippen molar-refractivity contribution in [2.24, 2.45) is 4.99 Å². The molecule has 8 heteroatoms. The van der Waals surface area contributed by atoms with Gasteiger partial charge in [-0.2, -0.15) is 0 Å². The third-order valence-corrected chi connectivity index (χ3v) is 7.59. The van der Waals surface area contributed by atoms with E-state index in [0.29, 0.717) is 30.4 Å². The van der Waals surface area contributed by atoms with Crippen LogP contribution in [0.3, 0.4) is 0 Å². The second-order valence-corrected chi connectivity index (χ2v) is 10.1. The van der Waals surface area contributed by atoms with Crippen LogP contribution >= 0.6 is 0 Å². The average Bonchev–Trinajstić information content (AvgIpc) is 3.34. The molecule has 1 N–H and O–H groups in total. The number of nitrogens with one attached hydrogen (secondary N) is 1. The molecule has 0 saturated heterocycles. The Morgan fingerprint density at radius 3 is 2.51 bits per heavy atom. The van der Waals surface area contributed by atoms with Gasteiger partial charge in [0.15, 0.2) is 11.5 Å². The quantitative estimate of drug-likeness (QED) is 0.461. The highest BCUT2D eigenvalue weighted by atomic mass is 32.2. The van der Waals surface area contributed by atoms with E-state index in [9.17, 15) is 8.42 Å². The molecule has 176 valence electrons. The Morgan fingerprint density at radius 1 is 0.886 bits per heavy atom. The summed E-state index contributed by atoms with van der Waals surface area (Å²) in [6.45, 7) is 0.874. The van der Waals surface area contributed by atoms with Gasteiger partial charge in [-0.1, -0.05) is 48.5 Å². The van der Waals surface area contributed by atoms with Crippen molar-refractivity contribution < 1.29 is 17.9 Å². The lowest BCUT2D eigenvalue weighted by Gasteiger charge is -2.19. The third kappa shape index (κ3) is 4.00. The lowest BCUT2D eigenvalue weighted by molar-refractivity contribution is 0.171. The molecule has 1 atom stereocenters. The standard InChI is InChI=1S/C27H23N3O4S/c31-35(32,20-12-13-25-26(17-20)34-16-15-33-25)28-18-22-24-11-6-14-30(24)23-10-5-4-9-21(23)27(29-22)19-7-2-1-3-8-19/h1-14,17,27-28H,15-16,18H2/t27-/m1/s1. The molecule has 35 heavy (non-hydrogen) atoms. The molecule has 2 aliphatic rings. The van der Waals surface area contributed by atoms with Gasteiger partial charge in [-0.3, -0.25) is 4.99 Å². The lowest BCUT2D eigenvalue weighted by atomic mass is 9.98. The number of sulfonamides is 1. The van der Waals surface area contributed by atoms with E-state index in [-0.39, 0.29) is 17.5 Å². The molecule has 4 aromatic rings. The SMILES string of the molecule is O=S(=O)(NCC1=N[C@H](c2ccccc2)c2ccccc2-n2cccc21)c1ccc2c(c1)OCCO2. The summed E-state index contributed by atoms with van der Waals surface area (Å²) < 4.78 is 42.3. The summed E-state index contributed by atoms with van der Waals surface area (Å²) in [6.07, 6.45) is 1.98. The van der Waals surface area contributed by atoms with Gasteiger partial charge >= 0.3 is 0 Å². The van der Waals surface area contributed by atoms with Crippen LogP contribution in [-0.4, -0.2) is 38.5 Å². The molecule has 0 amide bonds. The Bertz CT molecular complexity index is 1530. The van der Waals surface area contributed by atoms with Gasteiger partial charge in [0.05, 0.1) is 28.5 Å². The molecular weight excluding hydrogens is 462 g/mol. The fourth-order valence-electron chi connectivity index (χ4n) is 4.52. The Kier molecular flexibility index (Phi) is 5.39. The molecule has 3 heterocycles. The molecule has 0 saturated carbocycles. The number of aliphatic imine (C=N–C) groups is 1. The first-order valence-electron chi connectivity index (χ1n) is 11.4. The van der Waals surface area contributed by atoms with Crippen LogP contribution in [-0.2, 0) is 10.0 Å². The zero-order chi connectivity index (χ0) is 23.8. The first-order valence-corrected chi connectivity index (χ1v) is 12.9. The topological polar surface area (TPSA) is 81.9 Å². The molecule has 1 aromatic heterocycles. The van der Waals surface area contributed by atoms with E-state index in [1.165, 1.54) is 12.1 Å². The fraction of sp³-hybridized carbons (Fsp3) is 0.148. The minimum absolute atomic E-state index is 0.0398. The number of benzene rings is 3. The van der Waals surface area contributed by atoms with E-state index in [4.69, 9.17) is 14.5 Å². The zero-order valence-corrected chi connectivity index (χ0v) is 19.6. The maximum Gasteiger partial charge on any atom is 0.241 e. The first-order chi connectivity index (χ1) is 17.1. The normalized spacial score (nSPS) is 16.6. The summed E-state index contributed by atoms with van der Waals surface area (Å²) in [4.78, 5) is 5.21. The van der Waals surface area contributed by atoms with Crippen LogP contribution in [0.5, 0.6) is 11.5 Å². The van der Waals surface area contributed by atoms with Crippen LogP contribution in [0.15, 0.2) is 101 Å². The molecule has 0 radical (unpaired) electrons. The summed E-state index contributed by atoms with van der Waals surface area (Å²) in [5.74, 6) is 0.976. The predicted molar refractivity (Wildman–Crippen MR) is 133 cm³/mol. The van der Waals surface area contributed by atoms with Crippen molar-refractivity contribution in [3.8, 4) is 17.2 Å². The van der Waals surface area contributed by atoms with Crippen LogP contribution < -0.4 is 14.2 Å². The van der Waals surface area contributed by atoms with Crippen molar-refractivity contribution >= 4 is 15.7 Å². The van der Waals surface area contributed by atoms with Crippen LogP contribution in [0.25, 0.3) is 5.69 Å². The molecule has 6 rings (SSSR count). The maximum atomic E-state index is 13.2. The Hall–Kier alpha value is -3.88. The van der Waals surface area contributed by atoms with Crippen LogP contribution in [0.2, 0.25) is 0 Å². The summed E-state index contributed by atoms with van der Waals surface area (Å²) >= 11 is 0. The van der Waals surface area contributed by atoms with Crippen molar-refractivity contribution in [1.82, 2.24) is 9.29 Å². The minimum atomic E-state index is -3.82. The van der Waals surface area contributed by atoms with E-state index in [1.54, 1.807) is 6.07 Å². The van der Waals surface area contributed by atoms with Gasteiger partial charge in [0.2, 0.25) is 10.0 Å². The monoisotopic (exact) mass is 485 g/mol. The van der Waals surface area contributed by atoms with Crippen LogP contribution in [0, 0.1) is 0 Å². The molecule has 0 bridgehead atoms. The van der Waals surface area contributed by atoms with E-state index in [2.05, 4.69) is 21.4 Å². The van der Waals surface area contributed by atoms with Gasteiger partial charge in [-0.05, 0) is 35.9 Å². The molecular formula is C27H23N3O4S. The van der Waals surface area contributed by atoms with Crippen molar-refractivity contribution in [2.45, 2.75) is 10.9 Å². The number of rotatable bonds is 5. The summed E-state index contributed by atoms with van der Waals surface area (Å²) in [6, 6.07) is 26.5. The van der Waals surface area contributed by atoms with E-state index < -0.39 is 10.0 Å². The van der Waals surface area contributed by atoms with Crippen molar-refractivity contribution in [3.05, 3.63) is 108 Å². The maximum absolute atomic E-state index is 13.2. The van der Waals surface area contributed by atoms with Gasteiger partial charge in [-0.25, -0.2) is 13.1 Å². The molecule has 7 nitrogen and oxygen atoms in total. The van der Waals surface area contributed by atoms with Gasteiger partial charge in [0.1, 0.15) is 19.3 Å². The Labute approximate surface area is 203 Å². The number of nitrogens with zero attached hydrogens (tertiary/aromatic N) is 2. The Balaban J connectivity index is 1.37. The highest BCUT2D eigenvalue weighted by Gasteiger charge is 2.26. The van der Waals surface area contributed by atoms with Crippen molar-refractivity contribution in [2.75, 3.05) is 19.8 Å². The predicted octanol–water partition coefficient (Wildman–Crippen LogP) is 4.12. The number of ether oxygens (including phenoxy) is 2. The smallest absolute Gasteiger partial charge is 0.241 e. The van der Waals surface area contributed by atoms with E-state index >= 15 is 0 Å². The summed E-state index contributed by atoms with van der Waals surface area (Å²) in [7, 11) is -3.82. The highest BCUT2D eigenvalue weighted by molar-refractivity contribution is 7.89. The van der Waals surface area contributed by atoms with Crippen molar-refractivity contribution in [3.63, 3.8) is 0 Å². The minimum Gasteiger partial charge on any atom is -0.486 e. The fourth-order valence-corrected chi connectivity index (χ4v) is 5.52. The first kappa shape index (κ1) is 21.6. The number of hydrogen-bond donors (Lipinski definition) is 1. The highest BCUT2D eigenvalue weighted by Crippen LogP contribution is 2.35. The molecule has 0 unspecified atom stereocenters. The Morgan fingerprint density at radius 2 is 1.66 bits per heavy atom. The summed E-state index contributed by atoms with van der Waals surface area (Å²) in [5, 5.41) is 0.